The van der Waals surface area contributed by atoms with Crippen LogP contribution in [0.2, 0.25) is 0 Å². The van der Waals surface area contributed by atoms with Crippen molar-refractivity contribution in [2.24, 2.45) is 0 Å². The molecule has 1 nitrogen and oxygen atoms in total. The van der Waals surface area contributed by atoms with Crippen LogP contribution in [-0.4, -0.2) is 0 Å². The maximum Gasteiger partial charge on any atom is 0.418 e. The van der Waals surface area contributed by atoms with E-state index in [1.54, 1.807) is 6.07 Å². The molecule has 0 aliphatic carbocycles. The quantitative estimate of drug-likeness (QED) is 0.715. The lowest BCUT2D eigenvalue weighted by molar-refractivity contribution is -0.137. The van der Waals surface area contributed by atoms with Crippen molar-refractivity contribution < 1.29 is 13.2 Å². The summed E-state index contributed by atoms with van der Waals surface area (Å²) < 4.78 is 39.6. The van der Waals surface area contributed by atoms with E-state index in [-0.39, 0.29) is 11.7 Å². The first-order valence-electron chi connectivity index (χ1n) is 6.47. The van der Waals surface area contributed by atoms with E-state index in [0.717, 1.165) is 17.2 Å². The summed E-state index contributed by atoms with van der Waals surface area (Å²) in [5.74, 6) is 0. The topological polar surface area (TPSA) is 12.0 Å². The highest BCUT2D eigenvalue weighted by molar-refractivity contribution is 9.10. The van der Waals surface area contributed by atoms with E-state index >= 15 is 0 Å². The molecule has 0 aliphatic heterocycles. The summed E-state index contributed by atoms with van der Waals surface area (Å²) in [4.78, 5) is 0. The third-order valence-corrected chi connectivity index (χ3v) is 3.73. The fourth-order valence-electron chi connectivity index (χ4n) is 2.05. The Hall–Kier alpha value is -1.49. The van der Waals surface area contributed by atoms with Gasteiger partial charge in [-0.05, 0) is 37.6 Å². The zero-order valence-electron chi connectivity index (χ0n) is 11.6. The molecule has 0 aromatic heterocycles. The van der Waals surface area contributed by atoms with Gasteiger partial charge in [-0.2, -0.15) is 13.2 Å². The average molecular weight is 358 g/mol. The van der Waals surface area contributed by atoms with E-state index in [2.05, 4.69) is 21.2 Å². The van der Waals surface area contributed by atoms with Crippen LogP contribution in [-0.2, 0) is 6.18 Å². The maximum atomic E-state index is 13.1. The Labute approximate surface area is 130 Å². The molecule has 2 aromatic rings. The predicted molar refractivity (Wildman–Crippen MR) is 82.4 cm³/mol. The number of rotatable bonds is 3. The number of nitrogens with one attached hydrogen (secondary N) is 1. The molecule has 5 heteroatoms. The van der Waals surface area contributed by atoms with E-state index in [1.165, 1.54) is 6.07 Å². The molecule has 0 radical (unpaired) electrons. The number of alkyl halides is 3. The Morgan fingerprint density at radius 3 is 2.24 bits per heavy atom. The summed E-state index contributed by atoms with van der Waals surface area (Å²) >= 11 is 3.08. The lowest BCUT2D eigenvalue weighted by Gasteiger charge is -2.20. The number of benzene rings is 2. The summed E-state index contributed by atoms with van der Waals surface area (Å²) in [5.41, 5.74) is 1.47. The number of anilines is 1. The van der Waals surface area contributed by atoms with Gasteiger partial charge in [0.25, 0.3) is 0 Å². The van der Waals surface area contributed by atoms with Gasteiger partial charge in [-0.1, -0.05) is 45.8 Å². The fourth-order valence-corrected chi connectivity index (χ4v) is 2.41. The second-order valence-corrected chi connectivity index (χ2v) is 5.88. The van der Waals surface area contributed by atoms with Crippen molar-refractivity contribution in [2.75, 3.05) is 5.32 Å². The molecule has 0 heterocycles. The molecule has 0 aliphatic rings. The molecule has 2 rings (SSSR count). The van der Waals surface area contributed by atoms with Crippen LogP contribution < -0.4 is 5.32 Å². The van der Waals surface area contributed by atoms with Crippen molar-refractivity contribution >= 4 is 21.6 Å². The van der Waals surface area contributed by atoms with Gasteiger partial charge in [0, 0.05) is 16.2 Å². The minimum atomic E-state index is -4.39. The Morgan fingerprint density at radius 1 is 1.05 bits per heavy atom. The van der Waals surface area contributed by atoms with Gasteiger partial charge in [0.05, 0.1) is 5.56 Å². The summed E-state index contributed by atoms with van der Waals surface area (Å²) in [7, 11) is 0. The normalized spacial score (nSPS) is 13.0. The predicted octanol–water partition coefficient (Wildman–Crippen LogP) is 5.95. The largest absolute Gasteiger partial charge is 0.418 e. The van der Waals surface area contributed by atoms with Crippen molar-refractivity contribution in [1.29, 1.82) is 0 Å². The molecule has 0 saturated heterocycles. The van der Waals surface area contributed by atoms with Crippen LogP contribution in [0, 0.1) is 6.92 Å². The highest BCUT2D eigenvalue weighted by atomic mass is 79.9. The van der Waals surface area contributed by atoms with Crippen LogP contribution >= 0.6 is 15.9 Å². The SMILES string of the molecule is Cc1ccc(C(C)Nc2ccc(Br)cc2C(F)(F)F)cc1. The first kappa shape index (κ1) is 15.9. The molecule has 0 amide bonds. The highest BCUT2D eigenvalue weighted by Gasteiger charge is 2.34. The molecule has 1 unspecified atom stereocenters. The van der Waals surface area contributed by atoms with E-state index in [9.17, 15) is 13.2 Å². The van der Waals surface area contributed by atoms with Gasteiger partial charge in [0.15, 0.2) is 0 Å². The average Bonchev–Trinajstić information content (AvgIpc) is 2.40. The monoisotopic (exact) mass is 357 g/mol. The lowest BCUT2D eigenvalue weighted by atomic mass is 10.1. The van der Waals surface area contributed by atoms with Crippen LogP contribution in [0.1, 0.15) is 29.7 Å². The van der Waals surface area contributed by atoms with Crippen LogP contribution in [0.4, 0.5) is 18.9 Å². The van der Waals surface area contributed by atoms with Gasteiger partial charge in [0.2, 0.25) is 0 Å². The standard InChI is InChI=1S/C16H15BrF3N/c1-10-3-5-12(6-4-10)11(2)21-15-8-7-13(17)9-14(15)16(18,19)20/h3-9,11,21H,1-2H3. The number of hydrogen-bond donors (Lipinski definition) is 1. The Morgan fingerprint density at radius 2 is 1.67 bits per heavy atom. The number of hydrogen-bond acceptors (Lipinski definition) is 1. The first-order chi connectivity index (χ1) is 9.77. The van der Waals surface area contributed by atoms with Crippen LogP contribution in [0.25, 0.3) is 0 Å². The summed E-state index contributed by atoms with van der Waals surface area (Å²) in [6.45, 7) is 3.81. The van der Waals surface area contributed by atoms with Crippen LogP contribution in [0.5, 0.6) is 0 Å². The zero-order chi connectivity index (χ0) is 15.6. The van der Waals surface area contributed by atoms with Crippen molar-refractivity contribution in [3.8, 4) is 0 Å². The number of aryl methyl sites for hydroxylation is 1. The third-order valence-electron chi connectivity index (χ3n) is 3.24. The van der Waals surface area contributed by atoms with Crippen molar-refractivity contribution in [3.63, 3.8) is 0 Å². The van der Waals surface area contributed by atoms with Crippen LogP contribution in [0.15, 0.2) is 46.9 Å². The molecule has 2 aromatic carbocycles. The smallest absolute Gasteiger partial charge is 0.378 e. The van der Waals surface area contributed by atoms with E-state index in [4.69, 9.17) is 0 Å². The molecule has 1 N–H and O–H groups in total. The lowest BCUT2D eigenvalue weighted by Crippen LogP contribution is -2.13. The minimum Gasteiger partial charge on any atom is -0.378 e. The maximum absolute atomic E-state index is 13.1. The van der Waals surface area contributed by atoms with Gasteiger partial charge in [-0.15, -0.1) is 0 Å². The number of halogens is 4. The second kappa shape index (κ2) is 6.10. The van der Waals surface area contributed by atoms with Gasteiger partial charge in [0.1, 0.15) is 0 Å². The van der Waals surface area contributed by atoms with Gasteiger partial charge in [-0.25, -0.2) is 0 Å². The minimum absolute atomic E-state index is 0.0822. The Bertz CT molecular complexity index is 620. The van der Waals surface area contributed by atoms with E-state index in [0.29, 0.717) is 4.47 Å². The molecular formula is C16H15BrF3N. The molecule has 21 heavy (non-hydrogen) atoms. The van der Waals surface area contributed by atoms with Gasteiger partial charge >= 0.3 is 6.18 Å². The van der Waals surface area contributed by atoms with E-state index < -0.39 is 11.7 Å². The molecule has 0 bridgehead atoms. The zero-order valence-corrected chi connectivity index (χ0v) is 13.2. The van der Waals surface area contributed by atoms with E-state index in [1.807, 2.05) is 38.1 Å². The molecule has 1 atom stereocenters. The third kappa shape index (κ3) is 4.00. The Balaban J connectivity index is 2.29. The molecule has 112 valence electrons. The summed E-state index contributed by atoms with van der Waals surface area (Å²) in [6.07, 6.45) is -4.39. The fraction of sp³-hybridized carbons (Fsp3) is 0.250. The van der Waals surface area contributed by atoms with Crippen molar-refractivity contribution in [2.45, 2.75) is 26.1 Å². The molecule has 0 fully saturated rings. The van der Waals surface area contributed by atoms with Crippen molar-refractivity contribution in [1.82, 2.24) is 0 Å². The van der Waals surface area contributed by atoms with Crippen LogP contribution in [0.3, 0.4) is 0 Å². The molecule has 0 saturated carbocycles. The van der Waals surface area contributed by atoms with Crippen molar-refractivity contribution in [3.05, 3.63) is 63.6 Å². The molecular weight excluding hydrogens is 343 g/mol. The highest BCUT2D eigenvalue weighted by Crippen LogP contribution is 2.37. The van der Waals surface area contributed by atoms with Gasteiger partial charge in [-0.3, -0.25) is 0 Å². The summed E-state index contributed by atoms with van der Waals surface area (Å²) in [5, 5.41) is 2.94. The summed E-state index contributed by atoms with van der Waals surface area (Å²) in [6, 6.07) is 11.6. The Kier molecular flexibility index (Phi) is 4.61. The second-order valence-electron chi connectivity index (χ2n) is 4.96. The first-order valence-corrected chi connectivity index (χ1v) is 7.26. The molecule has 0 spiro atoms. The van der Waals surface area contributed by atoms with Gasteiger partial charge < -0.3 is 5.32 Å².